The van der Waals surface area contributed by atoms with Crippen molar-refractivity contribution in [2.45, 2.75) is 55.2 Å². The second kappa shape index (κ2) is 10.6. The van der Waals surface area contributed by atoms with Crippen LogP contribution in [0.25, 0.3) is 0 Å². The van der Waals surface area contributed by atoms with Gasteiger partial charge in [0.2, 0.25) is 0 Å². The molecule has 3 rings (SSSR count). The van der Waals surface area contributed by atoms with Gasteiger partial charge < -0.3 is 9.64 Å². The number of rotatable bonds is 10. The first-order valence-corrected chi connectivity index (χ1v) is 12.3. The van der Waals surface area contributed by atoms with Gasteiger partial charge in [0, 0.05) is 11.6 Å². The van der Waals surface area contributed by atoms with Crippen LogP contribution in [0.2, 0.25) is 0 Å². The summed E-state index contributed by atoms with van der Waals surface area (Å²) in [5.74, 6) is 1.05. The van der Waals surface area contributed by atoms with Crippen molar-refractivity contribution >= 4 is 19.8 Å². The van der Waals surface area contributed by atoms with E-state index in [1.54, 1.807) is 11.8 Å². The van der Waals surface area contributed by atoms with Gasteiger partial charge in [-0.05, 0) is 74.3 Å². The van der Waals surface area contributed by atoms with Crippen LogP contribution in [0.3, 0.4) is 0 Å². The van der Waals surface area contributed by atoms with E-state index in [4.69, 9.17) is 4.74 Å². The van der Waals surface area contributed by atoms with E-state index in [0.717, 1.165) is 59.3 Å². The fourth-order valence-corrected chi connectivity index (χ4v) is 5.31. The normalized spacial score (nSPS) is 15.3. The van der Waals surface area contributed by atoms with Crippen molar-refractivity contribution in [3.05, 3.63) is 48.0 Å². The summed E-state index contributed by atoms with van der Waals surface area (Å²) >= 11 is 1.63. The molecule has 2 aromatic carbocycles. The lowest BCUT2D eigenvalue weighted by atomic mass is 10.1. The Morgan fingerprint density at radius 3 is 2.59 bits per heavy atom. The first kappa shape index (κ1) is 22.3. The van der Waals surface area contributed by atoms with Crippen molar-refractivity contribution in [2.24, 2.45) is 0 Å². The number of fused-ring (bicyclic) bond motifs is 2. The van der Waals surface area contributed by atoms with Gasteiger partial charge in [-0.15, -0.1) is 0 Å². The molecule has 0 aromatic heterocycles. The third-order valence-electron chi connectivity index (χ3n) is 5.24. The van der Waals surface area contributed by atoms with Crippen molar-refractivity contribution in [3.63, 3.8) is 0 Å². The van der Waals surface area contributed by atoms with Gasteiger partial charge in [0.1, 0.15) is 11.5 Å². The Balaban J connectivity index is 1.66. The molecule has 0 fully saturated rings. The molecule has 1 heterocycles. The molecule has 0 radical (unpaired) electrons. The van der Waals surface area contributed by atoms with Crippen LogP contribution in [0.15, 0.2) is 52.3 Å². The Morgan fingerprint density at radius 1 is 1.14 bits per heavy atom. The summed E-state index contributed by atoms with van der Waals surface area (Å²) in [6, 6.07) is 13.8. The minimum Gasteiger partial charge on any atom is -0.455 e. The van der Waals surface area contributed by atoms with Crippen molar-refractivity contribution in [2.75, 3.05) is 19.6 Å². The molecule has 2 aromatic rings. The lowest BCUT2D eigenvalue weighted by molar-refractivity contribution is 0.289. The minimum atomic E-state index is -2.39. The third kappa shape index (κ3) is 5.80. The van der Waals surface area contributed by atoms with Crippen LogP contribution in [-0.2, 0) is 4.57 Å². The van der Waals surface area contributed by atoms with Crippen molar-refractivity contribution in [1.82, 2.24) is 10.2 Å². The molecule has 2 N–H and O–H groups in total. The average molecular weight is 434 g/mol. The van der Waals surface area contributed by atoms with Crippen molar-refractivity contribution in [1.29, 1.82) is 0 Å². The number of hydrogen-bond acceptors (Lipinski definition) is 5. The highest BCUT2D eigenvalue weighted by Crippen LogP contribution is 2.48. The molecule has 0 bridgehead atoms. The summed E-state index contributed by atoms with van der Waals surface area (Å²) in [6.07, 6.45) is 2.03. The highest BCUT2D eigenvalue weighted by Gasteiger charge is 2.33. The zero-order valence-corrected chi connectivity index (χ0v) is 19.0. The molecular weight excluding hydrogens is 403 g/mol. The van der Waals surface area contributed by atoms with Crippen LogP contribution in [0.4, 0.5) is 0 Å². The average Bonchev–Trinajstić information content (AvgIpc) is 2.73. The van der Waals surface area contributed by atoms with Crippen molar-refractivity contribution in [3.8, 4) is 11.5 Å². The van der Waals surface area contributed by atoms with E-state index in [2.05, 4.69) is 31.0 Å². The molecule has 1 aliphatic rings. The Hall–Kier alpha value is -1.43. The standard InChI is InChI=1S/C22H29N2O3PS/c1-4-24(5-2)14-8-9-16(3)23-22(28(25)26)17-12-13-19-21(15-17)29-20-11-7-6-10-18(20)27-19/h6-7,10-13,15-16,22-23H,4-5,8-9,14H2,1-3H3/p+1. The quantitative estimate of drug-likeness (QED) is 0.396. The van der Waals surface area contributed by atoms with Crippen LogP contribution in [0, 0.1) is 0 Å². The number of ether oxygens (including phenoxy) is 1. The molecule has 0 amide bonds. The van der Waals surface area contributed by atoms with Gasteiger partial charge in [0.25, 0.3) is 5.78 Å². The van der Waals surface area contributed by atoms with E-state index in [0.29, 0.717) is 0 Å². The third-order valence-corrected chi connectivity index (χ3v) is 7.23. The molecule has 0 aliphatic carbocycles. The molecule has 5 nitrogen and oxygen atoms in total. The van der Waals surface area contributed by atoms with E-state index in [1.807, 2.05) is 42.5 Å². The highest BCUT2D eigenvalue weighted by atomic mass is 32.2. The lowest BCUT2D eigenvalue weighted by Crippen LogP contribution is -2.31. The van der Waals surface area contributed by atoms with Gasteiger partial charge in [-0.1, -0.05) is 37.7 Å². The molecule has 156 valence electrons. The summed E-state index contributed by atoms with van der Waals surface area (Å²) in [7, 11) is -2.39. The number of para-hydroxylation sites is 1. The Labute approximate surface area is 178 Å². The maximum Gasteiger partial charge on any atom is 0.529 e. The summed E-state index contributed by atoms with van der Waals surface area (Å²) in [4.78, 5) is 14.4. The summed E-state index contributed by atoms with van der Waals surface area (Å²) in [6.45, 7) is 9.60. The second-order valence-electron chi connectivity index (χ2n) is 7.30. The van der Waals surface area contributed by atoms with Gasteiger partial charge in [0.15, 0.2) is 0 Å². The van der Waals surface area contributed by atoms with Crippen LogP contribution in [0.5, 0.6) is 11.5 Å². The first-order valence-electron chi connectivity index (χ1n) is 10.2. The zero-order valence-electron chi connectivity index (χ0n) is 17.3. The highest BCUT2D eigenvalue weighted by molar-refractivity contribution is 7.99. The van der Waals surface area contributed by atoms with Gasteiger partial charge >= 0.3 is 8.03 Å². The second-order valence-corrected chi connectivity index (χ2v) is 9.50. The molecule has 0 saturated carbocycles. The molecule has 3 unspecified atom stereocenters. The largest absolute Gasteiger partial charge is 0.529 e. The van der Waals surface area contributed by atoms with Gasteiger partial charge in [0.05, 0.1) is 9.79 Å². The molecule has 3 atom stereocenters. The monoisotopic (exact) mass is 433 g/mol. The predicted molar refractivity (Wildman–Crippen MR) is 119 cm³/mol. The topological polar surface area (TPSA) is 61.8 Å². The predicted octanol–water partition coefficient (Wildman–Crippen LogP) is 5.78. The molecular formula is C22H30N2O3PS+. The molecule has 7 heteroatoms. The molecule has 1 aliphatic heterocycles. The first-order chi connectivity index (χ1) is 14.0. The Bertz CT molecular complexity index is 845. The Kier molecular flexibility index (Phi) is 8.10. The molecule has 0 spiro atoms. The van der Waals surface area contributed by atoms with Gasteiger partial charge in [-0.3, -0.25) is 5.32 Å². The SMILES string of the molecule is CCN(CC)CCCC(C)NC(c1ccc2c(c1)Sc1ccccc1O2)[P+](=O)O. The fraction of sp³-hybridized carbons (Fsp3) is 0.455. The van der Waals surface area contributed by atoms with Crippen LogP contribution in [-0.4, -0.2) is 35.5 Å². The van der Waals surface area contributed by atoms with Gasteiger partial charge in [-0.2, -0.15) is 4.89 Å². The molecule has 0 saturated heterocycles. The summed E-state index contributed by atoms with van der Waals surface area (Å²) in [5, 5.41) is 3.37. The van der Waals surface area contributed by atoms with Crippen LogP contribution >= 0.6 is 19.8 Å². The smallest absolute Gasteiger partial charge is 0.455 e. The van der Waals surface area contributed by atoms with Crippen molar-refractivity contribution < 1.29 is 14.2 Å². The van der Waals surface area contributed by atoms with Crippen LogP contribution < -0.4 is 10.1 Å². The summed E-state index contributed by atoms with van der Waals surface area (Å²) in [5.41, 5.74) is 0.818. The maximum atomic E-state index is 12.1. The Morgan fingerprint density at radius 2 is 1.86 bits per heavy atom. The van der Waals surface area contributed by atoms with E-state index in [1.165, 1.54) is 0 Å². The number of nitrogens with zero attached hydrogens (tertiary/aromatic N) is 1. The minimum absolute atomic E-state index is 0.155. The number of nitrogens with one attached hydrogen (secondary N) is 1. The zero-order chi connectivity index (χ0) is 20.8. The number of hydrogen-bond donors (Lipinski definition) is 2. The molecule has 29 heavy (non-hydrogen) atoms. The van der Waals surface area contributed by atoms with E-state index in [-0.39, 0.29) is 6.04 Å². The van der Waals surface area contributed by atoms with E-state index < -0.39 is 13.8 Å². The van der Waals surface area contributed by atoms with Crippen LogP contribution in [0.1, 0.15) is 45.0 Å². The fourth-order valence-electron chi connectivity index (χ4n) is 3.52. The van der Waals surface area contributed by atoms with Gasteiger partial charge in [-0.25, -0.2) is 0 Å². The summed E-state index contributed by atoms with van der Waals surface area (Å²) < 4.78 is 18.1. The lowest BCUT2D eigenvalue weighted by Gasteiger charge is -2.22. The number of benzene rings is 2. The van der Waals surface area contributed by atoms with E-state index in [9.17, 15) is 9.46 Å². The maximum absolute atomic E-state index is 12.1. The van der Waals surface area contributed by atoms with E-state index >= 15 is 0 Å².